The highest BCUT2D eigenvalue weighted by Gasteiger charge is 2.51. The Kier molecular flexibility index (Phi) is 3.66. The molecule has 98 valence electrons. The molecule has 0 radical (unpaired) electrons. The van der Waals surface area contributed by atoms with Gasteiger partial charge in [-0.2, -0.15) is 0 Å². The molecule has 1 aliphatic rings. The van der Waals surface area contributed by atoms with Crippen LogP contribution in [-0.4, -0.2) is 20.1 Å². The lowest BCUT2D eigenvalue weighted by Crippen LogP contribution is -2.48. The second kappa shape index (κ2) is 5.06. The Labute approximate surface area is 106 Å². The number of halogens is 1. The van der Waals surface area contributed by atoms with Gasteiger partial charge < -0.3 is 10.1 Å². The maximum atomic E-state index is 13.3. The van der Waals surface area contributed by atoms with Crippen molar-refractivity contribution >= 4 is 5.97 Å². The van der Waals surface area contributed by atoms with Gasteiger partial charge in [0, 0.05) is 6.04 Å². The van der Waals surface area contributed by atoms with E-state index in [1.165, 1.54) is 19.2 Å². The van der Waals surface area contributed by atoms with Crippen molar-refractivity contribution in [1.82, 2.24) is 5.32 Å². The van der Waals surface area contributed by atoms with Crippen LogP contribution >= 0.6 is 0 Å². The van der Waals surface area contributed by atoms with Crippen LogP contribution in [-0.2, 0) is 9.53 Å². The van der Waals surface area contributed by atoms with Crippen molar-refractivity contribution in [2.45, 2.75) is 25.3 Å². The SMILES string of the molecule is CNC(c1cccc(F)c1)C1(C(=O)OC)CCC1. The van der Waals surface area contributed by atoms with Gasteiger partial charge in [0.1, 0.15) is 5.82 Å². The zero-order valence-electron chi connectivity index (χ0n) is 10.7. The molecule has 0 heterocycles. The average molecular weight is 251 g/mol. The summed E-state index contributed by atoms with van der Waals surface area (Å²) in [6.45, 7) is 0. The van der Waals surface area contributed by atoms with Gasteiger partial charge in [0.05, 0.1) is 12.5 Å². The fraction of sp³-hybridized carbons (Fsp3) is 0.500. The highest BCUT2D eigenvalue weighted by Crippen LogP contribution is 2.51. The number of carbonyl (C=O) groups excluding carboxylic acids is 1. The summed E-state index contributed by atoms with van der Waals surface area (Å²) in [4.78, 5) is 12.0. The number of esters is 1. The van der Waals surface area contributed by atoms with Crippen LogP contribution in [0, 0.1) is 11.2 Å². The minimum absolute atomic E-state index is 0.200. The predicted molar refractivity (Wildman–Crippen MR) is 66.5 cm³/mol. The molecule has 1 fully saturated rings. The van der Waals surface area contributed by atoms with Crippen LogP contribution in [0.4, 0.5) is 4.39 Å². The zero-order chi connectivity index (χ0) is 13.2. The summed E-state index contributed by atoms with van der Waals surface area (Å²) in [5.74, 6) is -0.496. The van der Waals surface area contributed by atoms with E-state index in [-0.39, 0.29) is 17.8 Å². The third-order valence-corrected chi connectivity index (χ3v) is 3.86. The van der Waals surface area contributed by atoms with Crippen molar-refractivity contribution in [3.63, 3.8) is 0 Å². The fourth-order valence-corrected chi connectivity index (χ4v) is 2.82. The molecule has 1 unspecified atom stereocenters. The van der Waals surface area contributed by atoms with Gasteiger partial charge >= 0.3 is 5.97 Å². The second-order valence-electron chi connectivity index (χ2n) is 4.78. The minimum Gasteiger partial charge on any atom is -0.469 e. The molecule has 0 aromatic heterocycles. The first-order chi connectivity index (χ1) is 8.64. The van der Waals surface area contributed by atoms with Crippen molar-refractivity contribution < 1.29 is 13.9 Å². The molecule has 0 amide bonds. The number of methoxy groups -OCH3 is 1. The number of nitrogens with one attached hydrogen (secondary N) is 1. The average Bonchev–Trinajstić information content (AvgIpc) is 2.32. The van der Waals surface area contributed by atoms with E-state index >= 15 is 0 Å². The first kappa shape index (κ1) is 13.0. The fourth-order valence-electron chi connectivity index (χ4n) is 2.82. The summed E-state index contributed by atoms with van der Waals surface area (Å²) in [5.41, 5.74) is 0.250. The molecule has 0 saturated heterocycles. The van der Waals surface area contributed by atoms with Crippen LogP contribution in [0.1, 0.15) is 30.9 Å². The van der Waals surface area contributed by atoms with E-state index in [1.54, 1.807) is 13.1 Å². The van der Waals surface area contributed by atoms with Crippen molar-refractivity contribution in [2.75, 3.05) is 14.2 Å². The molecular weight excluding hydrogens is 233 g/mol. The summed E-state index contributed by atoms with van der Waals surface area (Å²) in [6.07, 6.45) is 2.56. The van der Waals surface area contributed by atoms with Crippen LogP contribution < -0.4 is 5.32 Å². The van der Waals surface area contributed by atoms with E-state index in [0.717, 1.165) is 24.8 Å². The largest absolute Gasteiger partial charge is 0.469 e. The van der Waals surface area contributed by atoms with Crippen molar-refractivity contribution in [2.24, 2.45) is 5.41 Å². The van der Waals surface area contributed by atoms with Crippen LogP contribution in [0.25, 0.3) is 0 Å². The van der Waals surface area contributed by atoms with Crippen molar-refractivity contribution in [1.29, 1.82) is 0 Å². The molecular formula is C14H18FNO2. The van der Waals surface area contributed by atoms with E-state index in [2.05, 4.69) is 5.32 Å². The molecule has 18 heavy (non-hydrogen) atoms. The molecule has 1 N–H and O–H groups in total. The van der Waals surface area contributed by atoms with Gasteiger partial charge in [-0.1, -0.05) is 18.6 Å². The lowest BCUT2D eigenvalue weighted by Gasteiger charge is -2.45. The summed E-state index contributed by atoms with van der Waals surface area (Å²) in [5, 5.41) is 3.14. The quantitative estimate of drug-likeness (QED) is 0.835. The standard InChI is InChI=1S/C14H18FNO2/c1-16-12(10-5-3-6-11(15)9-10)14(7-4-8-14)13(17)18-2/h3,5-6,9,12,16H,4,7-8H2,1-2H3. The first-order valence-electron chi connectivity index (χ1n) is 6.15. The molecule has 1 aliphatic carbocycles. The highest BCUT2D eigenvalue weighted by atomic mass is 19.1. The molecule has 0 aliphatic heterocycles. The number of hydrogen-bond donors (Lipinski definition) is 1. The van der Waals surface area contributed by atoms with Gasteiger partial charge in [0.25, 0.3) is 0 Å². The van der Waals surface area contributed by atoms with Crippen molar-refractivity contribution in [3.8, 4) is 0 Å². The topological polar surface area (TPSA) is 38.3 Å². The summed E-state index contributed by atoms with van der Waals surface area (Å²) < 4.78 is 18.2. The van der Waals surface area contributed by atoms with E-state index in [4.69, 9.17) is 4.74 Å². The molecule has 3 nitrogen and oxygen atoms in total. The first-order valence-corrected chi connectivity index (χ1v) is 6.15. The molecule has 1 aromatic rings. The molecule has 4 heteroatoms. The Bertz CT molecular complexity index is 443. The molecule has 1 atom stereocenters. The predicted octanol–water partition coefficient (Wildman–Crippen LogP) is 2.43. The van der Waals surface area contributed by atoms with E-state index in [9.17, 15) is 9.18 Å². The normalized spacial score (nSPS) is 18.8. The molecule has 0 spiro atoms. The minimum atomic E-state index is -0.544. The molecule has 2 rings (SSSR count). The van der Waals surface area contributed by atoms with Crippen LogP contribution in [0.3, 0.4) is 0 Å². The van der Waals surface area contributed by atoms with Gasteiger partial charge in [0.2, 0.25) is 0 Å². The summed E-state index contributed by atoms with van der Waals surface area (Å²) >= 11 is 0. The Hall–Kier alpha value is -1.42. The Morgan fingerprint density at radius 3 is 2.67 bits per heavy atom. The van der Waals surface area contributed by atoms with Gasteiger partial charge in [-0.15, -0.1) is 0 Å². The van der Waals surface area contributed by atoms with Crippen molar-refractivity contribution in [3.05, 3.63) is 35.6 Å². The summed E-state index contributed by atoms with van der Waals surface area (Å²) in [6, 6.07) is 6.19. The van der Waals surface area contributed by atoms with E-state index in [0.29, 0.717) is 0 Å². The smallest absolute Gasteiger partial charge is 0.313 e. The van der Waals surface area contributed by atoms with E-state index < -0.39 is 5.41 Å². The number of benzene rings is 1. The number of hydrogen-bond acceptors (Lipinski definition) is 3. The second-order valence-corrected chi connectivity index (χ2v) is 4.78. The van der Waals surface area contributed by atoms with Gasteiger partial charge in [-0.25, -0.2) is 4.39 Å². The lowest BCUT2D eigenvalue weighted by atomic mass is 9.62. The maximum absolute atomic E-state index is 13.3. The van der Waals surface area contributed by atoms with Gasteiger partial charge in [-0.05, 0) is 37.6 Å². The van der Waals surface area contributed by atoms with Crippen LogP contribution in [0.15, 0.2) is 24.3 Å². The number of rotatable bonds is 4. The Morgan fingerprint density at radius 2 is 2.22 bits per heavy atom. The van der Waals surface area contributed by atoms with Crippen LogP contribution in [0.2, 0.25) is 0 Å². The maximum Gasteiger partial charge on any atom is 0.313 e. The number of ether oxygens (including phenoxy) is 1. The number of carbonyl (C=O) groups is 1. The monoisotopic (exact) mass is 251 g/mol. The van der Waals surface area contributed by atoms with Crippen LogP contribution in [0.5, 0.6) is 0 Å². The van der Waals surface area contributed by atoms with Gasteiger partial charge in [-0.3, -0.25) is 4.79 Å². The Morgan fingerprint density at radius 1 is 1.50 bits per heavy atom. The molecule has 1 saturated carbocycles. The lowest BCUT2D eigenvalue weighted by molar-refractivity contribution is -0.161. The van der Waals surface area contributed by atoms with Gasteiger partial charge in [0.15, 0.2) is 0 Å². The highest BCUT2D eigenvalue weighted by molar-refractivity contribution is 5.79. The molecule has 1 aromatic carbocycles. The van der Waals surface area contributed by atoms with E-state index in [1.807, 2.05) is 6.07 Å². The third-order valence-electron chi connectivity index (χ3n) is 3.86. The Balaban J connectivity index is 2.35. The third kappa shape index (κ3) is 2.01. The molecule has 0 bridgehead atoms. The summed E-state index contributed by atoms with van der Waals surface area (Å²) in [7, 11) is 3.19. The zero-order valence-corrected chi connectivity index (χ0v) is 10.7.